The lowest BCUT2D eigenvalue weighted by Gasteiger charge is -2.09. The van der Waals surface area contributed by atoms with Crippen LogP contribution in [0.5, 0.6) is 0 Å². The minimum Gasteiger partial charge on any atom is -0.462 e. The van der Waals surface area contributed by atoms with Crippen LogP contribution in [0.2, 0.25) is 0 Å². The molecule has 0 aromatic carbocycles. The number of ether oxygens (including phenoxy) is 1. The highest BCUT2D eigenvalue weighted by Crippen LogP contribution is 1.98. The minimum atomic E-state index is -0.715. The predicted octanol–water partition coefficient (Wildman–Crippen LogP) is 0.708. The van der Waals surface area contributed by atoms with Crippen LogP contribution >= 0.6 is 0 Å². The second kappa shape index (κ2) is 6.09. The molecule has 0 radical (unpaired) electrons. The fourth-order valence-electron chi connectivity index (χ4n) is 1.40. The topological polar surface area (TPSA) is 78.3 Å². The van der Waals surface area contributed by atoms with Crippen molar-refractivity contribution in [3.63, 3.8) is 0 Å². The number of aryl methyl sites for hydroxylation is 1. The first-order valence-corrected chi connectivity index (χ1v) is 5.76. The number of aromatic nitrogens is 2. The monoisotopic (exact) mass is 252 g/mol. The van der Waals surface area contributed by atoms with Gasteiger partial charge in [0, 0.05) is 12.6 Å². The number of carbonyl (C=O) groups excluding carboxylic acids is 2. The molecule has 1 heterocycles. The van der Waals surface area contributed by atoms with Gasteiger partial charge in [-0.1, -0.05) is 6.92 Å². The molecule has 0 saturated carbocycles. The highest BCUT2D eigenvalue weighted by Gasteiger charge is 2.16. The Morgan fingerprint density at radius 1 is 1.39 bits per heavy atom. The molecule has 0 aliphatic heterocycles. The molecule has 1 aromatic heterocycles. The van der Waals surface area contributed by atoms with Gasteiger partial charge in [-0.3, -0.25) is 14.2 Å². The molecule has 0 unspecified atom stereocenters. The van der Waals surface area contributed by atoms with Crippen LogP contribution in [-0.4, -0.2) is 27.9 Å². The summed E-state index contributed by atoms with van der Waals surface area (Å²) in [6, 6.07) is 0. The van der Waals surface area contributed by atoms with Gasteiger partial charge >= 0.3 is 5.97 Å². The Morgan fingerprint density at radius 3 is 2.61 bits per heavy atom. The van der Waals surface area contributed by atoms with Gasteiger partial charge in [0.2, 0.25) is 0 Å². The van der Waals surface area contributed by atoms with E-state index in [1.807, 2.05) is 0 Å². The van der Waals surface area contributed by atoms with Crippen LogP contribution in [0.4, 0.5) is 0 Å². The van der Waals surface area contributed by atoms with Gasteiger partial charge in [-0.25, -0.2) is 9.78 Å². The van der Waals surface area contributed by atoms with Crippen molar-refractivity contribution in [2.45, 2.75) is 33.7 Å². The number of ketones is 1. The first-order chi connectivity index (χ1) is 8.51. The minimum absolute atomic E-state index is 0.0680. The molecule has 0 aliphatic rings. The first-order valence-electron chi connectivity index (χ1n) is 5.76. The molecule has 0 saturated heterocycles. The average molecular weight is 252 g/mol. The van der Waals surface area contributed by atoms with Gasteiger partial charge in [0.15, 0.2) is 5.78 Å². The van der Waals surface area contributed by atoms with Crippen LogP contribution in [0.3, 0.4) is 0 Å². The molecule has 0 N–H and O–H groups in total. The number of hydrogen-bond acceptors (Lipinski definition) is 5. The van der Waals surface area contributed by atoms with Crippen molar-refractivity contribution >= 4 is 11.8 Å². The van der Waals surface area contributed by atoms with Crippen molar-refractivity contribution in [3.8, 4) is 0 Å². The van der Waals surface area contributed by atoms with Gasteiger partial charge in [-0.2, -0.15) is 0 Å². The van der Waals surface area contributed by atoms with E-state index < -0.39 is 11.5 Å². The molecule has 0 spiro atoms. The third-order valence-corrected chi connectivity index (χ3v) is 2.47. The molecule has 98 valence electrons. The Balaban J connectivity index is 3.19. The number of Topliss-reactive ketones (excluding diaryl/α,β-unsaturated/α-hetero) is 1. The molecule has 1 rings (SSSR count). The van der Waals surface area contributed by atoms with Crippen LogP contribution in [-0.2, 0) is 16.1 Å². The van der Waals surface area contributed by atoms with Crippen molar-refractivity contribution in [1.29, 1.82) is 0 Å². The summed E-state index contributed by atoms with van der Waals surface area (Å²) >= 11 is 0. The molecule has 0 aliphatic carbocycles. The van der Waals surface area contributed by atoms with Gasteiger partial charge < -0.3 is 4.74 Å². The normalized spacial score (nSPS) is 10.2. The van der Waals surface area contributed by atoms with E-state index in [9.17, 15) is 14.4 Å². The molecule has 0 bridgehead atoms. The Hall–Kier alpha value is -1.98. The van der Waals surface area contributed by atoms with E-state index in [4.69, 9.17) is 4.74 Å². The summed E-state index contributed by atoms with van der Waals surface area (Å²) in [6.07, 6.45) is 1.51. The van der Waals surface area contributed by atoms with Gasteiger partial charge in [0.25, 0.3) is 5.56 Å². The number of rotatable bonds is 5. The van der Waals surface area contributed by atoms with Crippen LogP contribution in [0, 0.1) is 6.92 Å². The Morgan fingerprint density at radius 2 is 2.06 bits per heavy atom. The van der Waals surface area contributed by atoms with E-state index in [2.05, 4.69) is 4.98 Å². The maximum Gasteiger partial charge on any atom is 0.345 e. The van der Waals surface area contributed by atoms with Crippen LogP contribution in [0.25, 0.3) is 0 Å². The Labute approximate surface area is 105 Å². The van der Waals surface area contributed by atoms with E-state index in [1.165, 1.54) is 10.8 Å². The zero-order valence-corrected chi connectivity index (χ0v) is 10.7. The summed E-state index contributed by atoms with van der Waals surface area (Å²) < 4.78 is 5.95. The third kappa shape index (κ3) is 3.03. The Kier molecular flexibility index (Phi) is 4.76. The van der Waals surface area contributed by atoms with Gasteiger partial charge in [0.1, 0.15) is 11.4 Å². The van der Waals surface area contributed by atoms with Crippen molar-refractivity contribution in [2.24, 2.45) is 0 Å². The zero-order valence-electron chi connectivity index (χ0n) is 10.7. The van der Waals surface area contributed by atoms with E-state index >= 15 is 0 Å². The van der Waals surface area contributed by atoms with Crippen molar-refractivity contribution in [2.75, 3.05) is 6.61 Å². The summed E-state index contributed by atoms with van der Waals surface area (Å²) in [5, 5.41) is 0. The standard InChI is InChI=1S/C12H16N2O4/c1-4-9(15)7-14-8(3)13-6-10(11(14)16)12(17)18-5-2/h6H,4-5,7H2,1-3H3. The molecule has 18 heavy (non-hydrogen) atoms. The maximum atomic E-state index is 12.0. The lowest BCUT2D eigenvalue weighted by atomic mass is 10.3. The molecule has 1 aromatic rings. The van der Waals surface area contributed by atoms with E-state index in [-0.39, 0.29) is 24.5 Å². The van der Waals surface area contributed by atoms with E-state index in [1.54, 1.807) is 20.8 Å². The Bertz CT molecular complexity index is 519. The van der Waals surface area contributed by atoms with Gasteiger partial charge in [0.05, 0.1) is 13.2 Å². The zero-order chi connectivity index (χ0) is 13.7. The quantitative estimate of drug-likeness (QED) is 0.721. The smallest absolute Gasteiger partial charge is 0.345 e. The largest absolute Gasteiger partial charge is 0.462 e. The molecule has 0 atom stereocenters. The van der Waals surface area contributed by atoms with E-state index in [0.717, 1.165) is 0 Å². The summed E-state index contributed by atoms with van der Waals surface area (Å²) in [7, 11) is 0. The van der Waals surface area contributed by atoms with Crippen molar-refractivity contribution < 1.29 is 14.3 Å². The summed E-state index contributed by atoms with van der Waals surface area (Å²) in [4.78, 5) is 38.9. The van der Waals surface area contributed by atoms with E-state index in [0.29, 0.717) is 12.2 Å². The number of hydrogen-bond donors (Lipinski definition) is 0. The molecule has 6 nitrogen and oxygen atoms in total. The number of esters is 1. The molecule has 0 amide bonds. The summed E-state index contributed by atoms with van der Waals surface area (Å²) in [5.41, 5.74) is -0.686. The second-order valence-electron chi connectivity index (χ2n) is 3.72. The number of nitrogens with zero attached hydrogens (tertiary/aromatic N) is 2. The van der Waals surface area contributed by atoms with Gasteiger partial charge in [-0.15, -0.1) is 0 Å². The SMILES string of the molecule is CCOC(=O)c1cnc(C)n(CC(=O)CC)c1=O. The highest BCUT2D eigenvalue weighted by molar-refractivity contribution is 5.88. The van der Waals surface area contributed by atoms with Crippen LogP contribution < -0.4 is 5.56 Å². The molecular formula is C12H16N2O4. The summed E-state index contributed by atoms with van der Waals surface area (Å²) in [6.45, 7) is 5.09. The first kappa shape index (κ1) is 14.1. The van der Waals surface area contributed by atoms with Crippen LogP contribution in [0.1, 0.15) is 36.5 Å². The fourth-order valence-corrected chi connectivity index (χ4v) is 1.40. The van der Waals surface area contributed by atoms with Gasteiger partial charge in [-0.05, 0) is 13.8 Å². The fraction of sp³-hybridized carbons (Fsp3) is 0.500. The maximum absolute atomic E-state index is 12.0. The van der Waals surface area contributed by atoms with Crippen LogP contribution in [0.15, 0.2) is 11.0 Å². The lowest BCUT2D eigenvalue weighted by molar-refractivity contribution is -0.119. The van der Waals surface area contributed by atoms with Crippen molar-refractivity contribution in [3.05, 3.63) is 27.9 Å². The molecular weight excluding hydrogens is 236 g/mol. The second-order valence-corrected chi connectivity index (χ2v) is 3.72. The predicted molar refractivity (Wildman–Crippen MR) is 64.5 cm³/mol. The average Bonchev–Trinajstić information content (AvgIpc) is 2.34. The summed E-state index contributed by atoms with van der Waals surface area (Å²) in [5.74, 6) is -0.412. The van der Waals surface area contributed by atoms with Crippen molar-refractivity contribution in [1.82, 2.24) is 9.55 Å². The molecule has 6 heteroatoms. The molecule has 0 fully saturated rings. The highest BCUT2D eigenvalue weighted by atomic mass is 16.5. The lowest BCUT2D eigenvalue weighted by Crippen LogP contribution is -2.32. The number of carbonyl (C=O) groups is 2. The third-order valence-electron chi connectivity index (χ3n) is 2.47.